The number of hydrogen-bond donors (Lipinski definition) is 2. The number of imide groups is 1. The Kier molecular flexibility index (Phi) is 6.68. The molecule has 2 heterocycles. The predicted octanol–water partition coefficient (Wildman–Crippen LogP) is 4.28. The Bertz CT molecular complexity index is 1000. The van der Waals surface area contributed by atoms with Crippen molar-refractivity contribution >= 4 is 17.7 Å². The summed E-state index contributed by atoms with van der Waals surface area (Å²) in [4.78, 5) is 38.5. The molecule has 8 heteroatoms. The van der Waals surface area contributed by atoms with Crippen molar-refractivity contribution < 1.29 is 23.2 Å². The molecule has 1 aromatic rings. The summed E-state index contributed by atoms with van der Waals surface area (Å²) in [6, 6.07) is 5.88. The van der Waals surface area contributed by atoms with Crippen LogP contribution in [0.5, 0.6) is 0 Å². The summed E-state index contributed by atoms with van der Waals surface area (Å²) in [5.74, 6) is -2.67. The number of carbonyl (C=O) groups is 3. The fourth-order valence-corrected chi connectivity index (χ4v) is 6.60. The molecule has 0 bridgehead atoms. The van der Waals surface area contributed by atoms with E-state index < -0.39 is 17.9 Å². The number of benzene rings is 1. The Morgan fingerprint density at radius 1 is 1.06 bits per heavy atom. The number of halogens is 2. The van der Waals surface area contributed by atoms with E-state index in [1.54, 1.807) is 4.90 Å². The Morgan fingerprint density at radius 3 is 2.54 bits per heavy atom. The first-order valence-corrected chi connectivity index (χ1v) is 13.1. The topological polar surface area (TPSA) is 78.5 Å². The summed E-state index contributed by atoms with van der Waals surface area (Å²) in [7, 11) is 0. The lowest BCUT2D eigenvalue weighted by atomic mass is 9.73. The maximum absolute atomic E-state index is 13.6. The van der Waals surface area contributed by atoms with Crippen LogP contribution in [0.3, 0.4) is 0 Å². The SMILES string of the molecule is CC(c1ccc2c(c1)CN(C1CCC(=O)NC1=O)C2=O)C1CCCC[C@@H]1NC1CCC(F)(F)CC1. The van der Waals surface area contributed by atoms with Crippen molar-refractivity contribution in [3.63, 3.8) is 0 Å². The van der Waals surface area contributed by atoms with E-state index in [4.69, 9.17) is 0 Å². The van der Waals surface area contributed by atoms with E-state index in [2.05, 4.69) is 23.6 Å². The normalized spacial score (nSPS) is 30.2. The number of carbonyl (C=O) groups excluding carboxylic acids is 3. The van der Waals surface area contributed by atoms with Crippen LogP contribution in [0.4, 0.5) is 8.78 Å². The van der Waals surface area contributed by atoms with Crippen LogP contribution >= 0.6 is 0 Å². The van der Waals surface area contributed by atoms with E-state index in [0.717, 1.165) is 24.8 Å². The third kappa shape index (κ3) is 4.99. The third-order valence-corrected chi connectivity index (χ3v) is 8.70. The second-order valence-electron chi connectivity index (χ2n) is 11.0. The quantitative estimate of drug-likeness (QED) is 0.608. The Labute approximate surface area is 205 Å². The number of nitrogens with zero attached hydrogens (tertiary/aromatic N) is 1. The highest BCUT2D eigenvalue weighted by molar-refractivity contribution is 6.05. The number of nitrogens with one attached hydrogen (secondary N) is 2. The van der Waals surface area contributed by atoms with Crippen molar-refractivity contribution in [3.8, 4) is 0 Å². The standard InChI is InChI=1S/C27H35F2N3O3/c1-16(20-4-2-3-5-22(20)30-19-10-12-27(28,29)13-11-19)17-6-7-21-18(14-17)15-32(26(21)35)23-8-9-24(33)31-25(23)34/h6-7,14,16,19-20,22-23,30H,2-5,8-13,15H2,1H3,(H,31,33,34)/t16?,20?,22-,23?/m0/s1. The maximum Gasteiger partial charge on any atom is 0.255 e. The molecule has 0 radical (unpaired) electrons. The van der Waals surface area contributed by atoms with Gasteiger partial charge in [-0.15, -0.1) is 0 Å². The first-order valence-electron chi connectivity index (χ1n) is 13.1. The summed E-state index contributed by atoms with van der Waals surface area (Å²) in [6.45, 7) is 2.61. The highest BCUT2D eigenvalue weighted by Gasteiger charge is 2.40. The second-order valence-corrected chi connectivity index (χ2v) is 11.0. The van der Waals surface area contributed by atoms with Crippen LogP contribution in [0.25, 0.3) is 0 Å². The molecule has 4 atom stereocenters. The minimum Gasteiger partial charge on any atom is -0.322 e. The highest BCUT2D eigenvalue weighted by Crippen LogP contribution is 2.40. The summed E-state index contributed by atoms with van der Waals surface area (Å²) >= 11 is 0. The highest BCUT2D eigenvalue weighted by atomic mass is 19.3. The van der Waals surface area contributed by atoms with Gasteiger partial charge in [-0.05, 0) is 61.1 Å². The average molecular weight is 488 g/mol. The van der Waals surface area contributed by atoms with Gasteiger partial charge in [0, 0.05) is 43.5 Å². The van der Waals surface area contributed by atoms with Crippen molar-refractivity contribution in [2.24, 2.45) is 5.92 Å². The molecule has 2 N–H and O–H groups in total. The molecule has 190 valence electrons. The second kappa shape index (κ2) is 9.60. The van der Waals surface area contributed by atoms with Crippen molar-refractivity contribution in [2.75, 3.05) is 0 Å². The average Bonchev–Trinajstić information content (AvgIpc) is 3.16. The molecular weight excluding hydrogens is 452 g/mol. The van der Waals surface area contributed by atoms with Gasteiger partial charge in [0.1, 0.15) is 6.04 Å². The van der Waals surface area contributed by atoms with Crippen LogP contribution in [0.2, 0.25) is 0 Å². The molecule has 2 saturated carbocycles. The van der Waals surface area contributed by atoms with E-state index in [0.29, 0.717) is 43.3 Å². The maximum atomic E-state index is 13.6. The van der Waals surface area contributed by atoms with E-state index in [9.17, 15) is 23.2 Å². The summed E-state index contributed by atoms with van der Waals surface area (Å²) in [6.07, 6.45) is 6.09. The van der Waals surface area contributed by atoms with Crippen LogP contribution in [0, 0.1) is 5.92 Å². The zero-order chi connectivity index (χ0) is 24.7. The first kappa shape index (κ1) is 24.3. The largest absolute Gasteiger partial charge is 0.322 e. The zero-order valence-corrected chi connectivity index (χ0v) is 20.3. The van der Waals surface area contributed by atoms with Gasteiger partial charge >= 0.3 is 0 Å². The minimum absolute atomic E-state index is 0.0276. The number of fused-ring (bicyclic) bond motifs is 1. The number of piperidine rings is 1. The molecule has 1 aromatic carbocycles. The molecule has 5 rings (SSSR count). The first-order chi connectivity index (χ1) is 16.7. The molecule has 0 aromatic heterocycles. The Balaban J connectivity index is 1.28. The van der Waals surface area contributed by atoms with Gasteiger partial charge in [-0.25, -0.2) is 8.78 Å². The lowest BCUT2D eigenvalue weighted by molar-refractivity contribution is -0.136. The zero-order valence-electron chi connectivity index (χ0n) is 20.3. The summed E-state index contributed by atoms with van der Waals surface area (Å²) < 4.78 is 27.2. The van der Waals surface area contributed by atoms with Gasteiger partial charge in [0.15, 0.2) is 0 Å². The van der Waals surface area contributed by atoms with Crippen LogP contribution in [-0.4, -0.2) is 46.7 Å². The minimum atomic E-state index is -2.51. The number of amides is 3. The molecule has 2 aliphatic carbocycles. The van der Waals surface area contributed by atoms with Crippen molar-refractivity contribution in [1.82, 2.24) is 15.5 Å². The Morgan fingerprint density at radius 2 is 1.80 bits per heavy atom. The molecule has 3 fully saturated rings. The fourth-order valence-electron chi connectivity index (χ4n) is 6.60. The van der Waals surface area contributed by atoms with Gasteiger partial charge in [0.25, 0.3) is 5.91 Å². The summed E-state index contributed by atoms with van der Waals surface area (Å²) in [5.41, 5.74) is 2.74. The molecule has 3 amide bonds. The fraction of sp³-hybridized carbons (Fsp3) is 0.667. The van der Waals surface area contributed by atoms with Crippen LogP contribution in [-0.2, 0) is 16.1 Å². The molecule has 4 aliphatic rings. The lowest BCUT2D eigenvalue weighted by Gasteiger charge is -2.40. The monoisotopic (exact) mass is 487 g/mol. The van der Waals surface area contributed by atoms with E-state index in [-0.39, 0.29) is 43.0 Å². The van der Waals surface area contributed by atoms with E-state index >= 15 is 0 Å². The number of rotatable bonds is 5. The van der Waals surface area contributed by atoms with Gasteiger partial charge in [-0.1, -0.05) is 31.9 Å². The number of alkyl halides is 2. The van der Waals surface area contributed by atoms with Gasteiger partial charge in [-0.3, -0.25) is 19.7 Å². The summed E-state index contributed by atoms with van der Waals surface area (Å²) in [5, 5.41) is 6.10. The van der Waals surface area contributed by atoms with Crippen molar-refractivity contribution in [2.45, 2.75) is 108 Å². The molecule has 0 spiro atoms. The van der Waals surface area contributed by atoms with Crippen molar-refractivity contribution in [1.29, 1.82) is 0 Å². The molecule has 35 heavy (non-hydrogen) atoms. The van der Waals surface area contributed by atoms with Gasteiger partial charge < -0.3 is 10.2 Å². The van der Waals surface area contributed by atoms with Crippen LogP contribution in [0.1, 0.15) is 98.5 Å². The van der Waals surface area contributed by atoms with Gasteiger partial charge in [0.05, 0.1) is 0 Å². The molecule has 1 saturated heterocycles. The smallest absolute Gasteiger partial charge is 0.255 e. The molecule has 6 nitrogen and oxygen atoms in total. The lowest BCUT2D eigenvalue weighted by Crippen LogP contribution is -2.52. The molecular formula is C27H35F2N3O3. The van der Waals surface area contributed by atoms with Gasteiger partial charge in [0.2, 0.25) is 17.7 Å². The number of hydrogen-bond acceptors (Lipinski definition) is 4. The van der Waals surface area contributed by atoms with E-state index in [1.165, 1.54) is 12.0 Å². The van der Waals surface area contributed by atoms with Crippen LogP contribution < -0.4 is 10.6 Å². The van der Waals surface area contributed by atoms with Crippen molar-refractivity contribution in [3.05, 3.63) is 34.9 Å². The Hall–Kier alpha value is -2.35. The van der Waals surface area contributed by atoms with Crippen LogP contribution in [0.15, 0.2) is 18.2 Å². The predicted molar refractivity (Wildman–Crippen MR) is 127 cm³/mol. The van der Waals surface area contributed by atoms with E-state index in [1.807, 2.05) is 12.1 Å². The molecule has 3 unspecified atom stereocenters. The molecule has 2 aliphatic heterocycles. The van der Waals surface area contributed by atoms with Gasteiger partial charge in [-0.2, -0.15) is 0 Å². The third-order valence-electron chi connectivity index (χ3n) is 8.70.